The van der Waals surface area contributed by atoms with Gasteiger partial charge in [0.15, 0.2) is 0 Å². The summed E-state index contributed by atoms with van der Waals surface area (Å²) in [6.45, 7) is 1.69. The molecule has 1 aliphatic rings. The molecule has 0 unspecified atom stereocenters. The SMILES string of the molecule is COC1CCN(C(=O)I)CC1. The molecule has 0 aromatic heterocycles. The summed E-state index contributed by atoms with van der Waals surface area (Å²) in [5, 5.41) is 0. The molecule has 1 amide bonds. The zero-order valence-electron chi connectivity index (χ0n) is 6.55. The molecule has 0 aromatic rings. The number of piperidine rings is 1. The number of methoxy groups -OCH3 is 1. The van der Waals surface area contributed by atoms with Crippen molar-refractivity contribution in [3.05, 3.63) is 0 Å². The molecule has 1 rings (SSSR count). The highest BCUT2D eigenvalue weighted by Crippen LogP contribution is 2.14. The zero-order chi connectivity index (χ0) is 8.27. The fourth-order valence-electron chi connectivity index (χ4n) is 1.27. The van der Waals surface area contributed by atoms with Gasteiger partial charge in [-0.3, -0.25) is 4.79 Å². The maximum Gasteiger partial charge on any atom is 0.283 e. The van der Waals surface area contributed by atoms with E-state index >= 15 is 0 Å². The van der Waals surface area contributed by atoms with Crippen molar-refractivity contribution >= 4 is 26.5 Å². The first-order chi connectivity index (χ1) is 5.24. The lowest BCUT2D eigenvalue weighted by Crippen LogP contribution is -2.37. The lowest BCUT2D eigenvalue weighted by Gasteiger charge is -2.29. The molecule has 3 nitrogen and oxygen atoms in total. The number of rotatable bonds is 1. The fraction of sp³-hybridized carbons (Fsp3) is 0.857. The third-order valence-corrected chi connectivity index (χ3v) is 2.71. The fourth-order valence-corrected chi connectivity index (χ4v) is 1.75. The number of nitrogens with zero attached hydrogens (tertiary/aromatic N) is 1. The monoisotopic (exact) mass is 269 g/mol. The van der Waals surface area contributed by atoms with Crippen LogP contribution in [0.4, 0.5) is 4.79 Å². The van der Waals surface area contributed by atoms with Crippen molar-refractivity contribution in [2.75, 3.05) is 20.2 Å². The maximum absolute atomic E-state index is 10.9. The Morgan fingerprint density at radius 2 is 2.09 bits per heavy atom. The topological polar surface area (TPSA) is 29.5 Å². The summed E-state index contributed by atoms with van der Waals surface area (Å²) in [4.78, 5) is 12.7. The van der Waals surface area contributed by atoms with Crippen LogP contribution in [0.25, 0.3) is 0 Å². The van der Waals surface area contributed by atoms with Gasteiger partial charge in [-0.2, -0.15) is 0 Å². The van der Waals surface area contributed by atoms with E-state index in [-0.39, 0.29) is 3.91 Å². The van der Waals surface area contributed by atoms with Crippen LogP contribution in [-0.4, -0.2) is 35.1 Å². The molecule has 1 heterocycles. The lowest BCUT2D eigenvalue weighted by atomic mass is 10.1. The van der Waals surface area contributed by atoms with Crippen LogP contribution in [0.15, 0.2) is 0 Å². The predicted molar refractivity (Wildman–Crippen MR) is 51.0 cm³/mol. The van der Waals surface area contributed by atoms with Gasteiger partial charge in [0, 0.05) is 42.8 Å². The molecule has 0 aromatic carbocycles. The Kier molecular flexibility index (Phi) is 3.58. The Morgan fingerprint density at radius 3 is 2.45 bits per heavy atom. The van der Waals surface area contributed by atoms with Gasteiger partial charge in [-0.25, -0.2) is 0 Å². The number of carbonyl (C=O) groups excluding carboxylic acids is 1. The highest BCUT2D eigenvalue weighted by molar-refractivity contribution is 14.1. The molecule has 4 heteroatoms. The normalized spacial score (nSPS) is 20.4. The molecule has 0 saturated carbocycles. The number of hydrogen-bond donors (Lipinski definition) is 0. The smallest absolute Gasteiger partial charge is 0.283 e. The Labute approximate surface area is 80.2 Å². The van der Waals surface area contributed by atoms with E-state index < -0.39 is 0 Å². The van der Waals surface area contributed by atoms with Gasteiger partial charge in [0.2, 0.25) is 0 Å². The average molecular weight is 269 g/mol. The second-order valence-corrected chi connectivity index (χ2v) is 3.60. The quantitative estimate of drug-likeness (QED) is 0.411. The standard InChI is InChI=1S/C7H12INO2/c1-11-6-2-4-9(5-3-6)7(8)10/h6H,2-5H2,1H3. The van der Waals surface area contributed by atoms with Crippen molar-refractivity contribution in [2.24, 2.45) is 0 Å². The first kappa shape index (κ1) is 9.25. The van der Waals surface area contributed by atoms with Gasteiger partial charge in [-0.1, -0.05) is 0 Å². The number of ether oxygens (including phenoxy) is 1. The molecule has 0 bridgehead atoms. The van der Waals surface area contributed by atoms with Gasteiger partial charge in [0.1, 0.15) is 0 Å². The largest absolute Gasteiger partial charge is 0.381 e. The molecule has 11 heavy (non-hydrogen) atoms. The van der Waals surface area contributed by atoms with Crippen molar-refractivity contribution in [3.8, 4) is 0 Å². The summed E-state index contributed by atoms with van der Waals surface area (Å²) in [6.07, 6.45) is 2.32. The van der Waals surface area contributed by atoms with Crippen LogP contribution in [0.1, 0.15) is 12.8 Å². The lowest BCUT2D eigenvalue weighted by molar-refractivity contribution is 0.0540. The zero-order valence-corrected chi connectivity index (χ0v) is 8.70. The highest BCUT2D eigenvalue weighted by Gasteiger charge is 2.20. The second-order valence-electron chi connectivity index (χ2n) is 2.68. The van der Waals surface area contributed by atoms with E-state index in [0.717, 1.165) is 25.9 Å². The van der Waals surface area contributed by atoms with Crippen LogP contribution in [0.2, 0.25) is 0 Å². The number of hydrogen-bond acceptors (Lipinski definition) is 2. The molecule has 0 aliphatic carbocycles. The van der Waals surface area contributed by atoms with E-state index in [2.05, 4.69) is 0 Å². The van der Waals surface area contributed by atoms with E-state index in [1.54, 1.807) is 7.11 Å². The van der Waals surface area contributed by atoms with E-state index in [1.807, 2.05) is 27.5 Å². The summed E-state index contributed by atoms with van der Waals surface area (Å²) in [5.74, 6) is 0. The number of likely N-dealkylation sites (tertiary alicyclic amines) is 1. The maximum atomic E-state index is 10.9. The predicted octanol–water partition coefficient (Wildman–Crippen LogP) is 1.65. The summed E-state index contributed by atoms with van der Waals surface area (Å²) in [6, 6.07) is 0. The molecular formula is C7H12INO2. The number of carbonyl (C=O) groups is 1. The molecule has 1 saturated heterocycles. The van der Waals surface area contributed by atoms with Gasteiger partial charge in [-0.15, -0.1) is 0 Å². The minimum atomic E-state index is 0.150. The van der Waals surface area contributed by atoms with Gasteiger partial charge >= 0.3 is 0 Å². The third kappa shape index (κ3) is 2.59. The van der Waals surface area contributed by atoms with Gasteiger partial charge in [0.05, 0.1) is 6.10 Å². The van der Waals surface area contributed by atoms with Crippen LogP contribution in [0, 0.1) is 0 Å². The Bertz CT molecular complexity index is 143. The van der Waals surface area contributed by atoms with Crippen LogP contribution in [0.3, 0.4) is 0 Å². The van der Waals surface area contributed by atoms with Crippen molar-refractivity contribution in [3.63, 3.8) is 0 Å². The summed E-state index contributed by atoms with van der Waals surface area (Å²) >= 11 is 1.83. The molecule has 1 aliphatic heterocycles. The summed E-state index contributed by atoms with van der Waals surface area (Å²) < 4.78 is 5.33. The van der Waals surface area contributed by atoms with Gasteiger partial charge in [0.25, 0.3) is 3.91 Å². The highest BCUT2D eigenvalue weighted by atomic mass is 127. The first-order valence-corrected chi connectivity index (χ1v) is 4.79. The summed E-state index contributed by atoms with van der Waals surface area (Å²) in [7, 11) is 1.73. The van der Waals surface area contributed by atoms with Crippen molar-refractivity contribution in [2.45, 2.75) is 18.9 Å². The van der Waals surface area contributed by atoms with Crippen molar-refractivity contribution in [1.82, 2.24) is 4.90 Å². The second kappa shape index (κ2) is 4.25. The number of amides is 1. The van der Waals surface area contributed by atoms with Crippen LogP contribution in [-0.2, 0) is 4.74 Å². The minimum Gasteiger partial charge on any atom is -0.381 e. The Morgan fingerprint density at radius 1 is 1.55 bits per heavy atom. The van der Waals surface area contributed by atoms with Crippen molar-refractivity contribution < 1.29 is 9.53 Å². The molecule has 64 valence electrons. The van der Waals surface area contributed by atoms with E-state index in [1.165, 1.54) is 0 Å². The third-order valence-electron chi connectivity index (χ3n) is 2.02. The molecular weight excluding hydrogens is 257 g/mol. The molecule has 0 N–H and O–H groups in total. The van der Waals surface area contributed by atoms with E-state index in [4.69, 9.17) is 4.74 Å². The molecule has 0 spiro atoms. The van der Waals surface area contributed by atoms with Gasteiger partial charge in [-0.05, 0) is 12.8 Å². The van der Waals surface area contributed by atoms with Crippen LogP contribution < -0.4 is 0 Å². The van der Waals surface area contributed by atoms with Gasteiger partial charge < -0.3 is 9.64 Å². The van der Waals surface area contributed by atoms with E-state index in [9.17, 15) is 4.79 Å². The Hall–Kier alpha value is 0.160. The summed E-state index contributed by atoms with van der Waals surface area (Å²) in [5.41, 5.74) is 0. The molecule has 0 radical (unpaired) electrons. The Balaban J connectivity index is 2.30. The van der Waals surface area contributed by atoms with E-state index in [0.29, 0.717) is 6.10 Å². The number of halogens is 1. The molecule has 1 fully saturated rings. The minimum absolute atomic E-state index is 0.150. The molecule has 0 atom stereocenters. The first-order valence-electron chi connectivity index (χ1n) is 3.71. The van der Waals surface area contributed by atoms with Crippen LogP contribution >= 0.6 is 22.6 Å². The van der Waals surface area contributed by atoms with Crippen molar-refractivity contribution in [1.29, 1.82) is 0 Å². The van der Waals surface area contributed by atoms with Crippen LogP contribution in [0.5, 0.6) is 0 Å². The average Bonchev–Trinajstić information content (AvgIpc) is 2.05.